The lowest BCUT2D eigenvalue weighted by Crippen LogP contribution is -2.24. The molecule has 0 amide bonds. The van der Waals surface area contributed by atoms with E-state index in [1.54, 1.807) is 0 Å². The highest BCUT2D eigenvalue weighted by molar-refractivity contribution is 14.1. The van der Waals surface area contributed by atoms with Crippen LogP contribution in [0, 0.1) is 3.57 Å². The second-order valence-corrected chi connectivity index (χ2v) is 7.57. The van der Waals surface area contributed by atoms with Gasteiger partial charge in [-0.05, 0) is 77.4 Å². The van der Waals surface area contributed by atoms with Gasteiger partial charge in [0.1, 0.15) is 0 Å². The molecule has 1 unspecified atom stereocenters. The predicted molar refractivity (Wildman–Crippen MR) is 103 cm³/mol. The molecule has 0 aliphatic rings. The van der Waals surface area contributed by atoms with Gasteiger partial charge in [0.2, 0.25) is 0 Å². The van der Waals surface area contributed by atoms with Crippen LogP contribution in [-0.2, 0) is 6.42 Å². The molecule has 112 valence electrons. The lowest BCUT2D eigenvalue weighted by Gasteiger charge is -2.20. The number of hydrogen-bond acceptors (Lipinski definition) is 1. The topological polar surface area (TPSA) is 12.0 Å². The summed E-state index contributed by atoms with van der Waals surface area (Å²) in [5.41, 5.74) is 2.49. The average Bonchev–Trinajstić information content (AvgIpc) is 2.45. The van der Waals surface area contributed by atoms with Crippen LogP contribution >= 0.6 is 50.1 Å². The Kier molecular flexibility index (Phi) is 6.99. The molecule has 4 heteroatoms. The van der Waals surface area contributed by atoms with Crippen LogP contribution in [0.3, 0.4) is 0 Å². The molecule has 0 radical (unpaired) electrons. The third-order valence-corrected chi connectivity index (χ3v) is 4.85. The first-order chi connectivity index (χ1) is 10.1. The van der Waals surface area contributed by atoms with Gasteiger partial charge in [0.25, 0.3) is 0 Å². The summed E-state index contributed by atoms with van der Waals surface area (Å²) in [5, 5.41) is 4.45. The van der Waals surface area contributed by atoms with Gasteiger partial charge in [-0.15, -0.1) is 0 Å². The van der Waals surface area contributed by atoms with Crippen LogP contribution in [0.2, 0.25) is 5.02 Å². The second kappa shape index (κ2) is 8.51. The lowest BCUT2D eigenvalue weighted by atomic mass is 9.98. The maximum Gasteiger partial charge on any atom is 0.0449 e. The fraction of sp³-hybridized carbons (Fsp3) is 0.294. The molecule has 0 aliphatic carbocycles. The molecular weight excluding hydrogens is 460 g/mol. The highest BCUT2D eigenvalue weighted by Crippen LogP contribution is 2.27. The zero-order chi connectivity index (χ0) is 15.2. The number of nitrogens with one attached hydrogen (secondary N) is 1. The van der Waals surface area contributed by atoms with Crippen molar-refractivity contribution < 1.29 is 0 Å². The van der Waals surface area contributed by atoms with Gasteiger partial charge >= 0.3 is 0 Å². The van der Waals surface area contributed by atoms with E-state index < -0.39 is 0 Å². The molecule has 0 bridgehead atoms. The summed E-state index contributed by atoms with van der Waals surface area (Å²) in [6.45, 7) is 3.19. The summed E-state index contributed by atoms with van der Waals surface area (Å²) in [4.78, 5) is 0. The summed E-state index contributed by atoms with van der Waals surface area (Å²) in [6.07, 6.45) is 2.01. The molecule has 1 atom stereocenters. The van der Waals surface area contributed by atoms with E-state index in [9.17, 15) is 0 Å². The first-order valence-electron chi connectivity index (χ1n) is 7.03. The summed E-state index contributed by atoms with van der Waals surface area (Å²) < 4.78 is 2.28. The number of benzene rings is 2. The summed E-state index contributed by atoms with van der Waals surface area (Å²) in [5.74, 6) is 0. The fourth-order valence-corrected chi connectivity index (χ4v) is 3.57. The maximum atomic E-state index is 6.37. The molecule has 0 saturated heterocycles. The summed E-state index contributed by atoms with van der Waals surface area (Å²) in [6, 6.07) is 15.0. The van der Waals surface area contributed by atoms with Gasteiger partial charge in [0, 0.05) is 19.1 Å². The van der Waals surface area contributed by atoms with Gasteiger partial charge in [0.15, 0.2) is 0 Å². The monoisotopic (exact) mass is 477 g/mol. The first kappa shape index (κ1) is 17.3. The minimum atomic E-state index is 0.290. The summed E-state index contributed by atoms with van der Waals surface area (Å²) >= 11 is 12.2. The van der Waals surface area contributed by atoms with Crippen LogP contribution < -0.4 is 5.32 Å². The standard InChI is InChI=1S/C17H18BrClIN/c1-2-8-21-17(13-4-3-5-15(20)9-13)10-12-6-7-14(18)11-16(12)19/h3-7,9,11,17,21H,2,8,10H2,1H3. The van der Waals surface area contributed by atoms with Crippen molar-refractivity contribution in [2.24, 2.45) is 0 Å². The van der Waals surface area contributed by atoms with E-state index in [2.05, 4.69) is 81.1 Å². The van der Waals surface area contributed by atoms with E-state index in [0.29, 0.717) is 6.04 Å². The molecule has 0 spiro atoms. The van der Waals surface area contributed by atoms with Crippen molar-refractivity contribution >= 4 is 50.1 Å². The van der Waals surface area contributed by atoms with E-state index in [0.717, 1.165) is 28.9 Å². The summed E-state index contributed by atoms with van der Waals surface area (Å²) in [7, 11) is 0. The van der Waals surface area contributed by atoms with Crippen LogP contribution in [0.15, 0.2) is 46.9 Å². The quantitative estimate of drug-likeness (QED) is 0.503. The Labute approximate surface area is 153 Å². The average molecular weight is 479 g/mol. The molecule has 0 fully saturated rings. The Hall–Kier alpha value is -0.100. The van der Waals surface area contributed by atoms with Crippen LogP contribution in [0.4, 0.5) is 0 Å². The number of hydrogen-bond donors (Lipinski definition) is 1. The zero-order valence-electron chi connectivity index (χ0n) is 11.9. The molecule has 0 aromatic heterocycles. The molecule has 21 heavy (non-hydrogen) atoms. The number of halogens is 3. The SMILES string of the molecule is CCCNC(Cc1ccc(Br)cc1Cl)c1cccc(I)c1. The van der Waals surface area contributed by atoms with Crippen LogP contribution in [0.25, 0.3) is 0 Å². The molecule has 2 aromatic carbocycles. The highest BCUT2D eigenvalue weighted by atomic mass is 127. The van der Waals surface area contributed by atoms with Crippen molar-refractivity contribution in [3.05, 3.63) is 66.7 Å². The smallest absolute Gasteiger partial charge is 0.0449 e. The first-order valence-corrected chi connectivity index (χ1v) is 9.28. The minimum absolute atomic E-state index is 0.290. The second-order valence-electron chi connectivity index (χ2n) is 5.00. The molecule has 1 nitrogen and oxygen atoms in total. The van der Waals surface area contributed by atoms with Crippen LogP contribution in [0.1, 0.15) is 30.5 Å². The van der Waals surface area contributed by atoms with E-state index in [-0.39, 0.29) is 0 Å². The van der Waals surface area contributed by atoms with Crippen molar-refractivity contribution in [2.45, 2.75) is 25.8 Å². The van der Waals surface area contributed by atoms with E-state index in [1.165, 1.54) is 14.7 Å². The molecule has 1 N–H and O–H groups in total. The van der Waals surface area contributed by atoms with Crippen LogP contribution in [-0.4, -0.2) is 6.54 Å². The normalized spacial score (nSPS) is 12.4. The third kappa shape index (κ3) is 5.23. The Morgan fingerprint density at radius 2 is 2.05 bits per heavy atom. The Morgan fingerprint density at radius 1 is 1.24 bits per heavy atom. The van der Waals surface area contributed by atoms with Crippen LogP contribution in [0.5, 0.6) is 0 Å². The largest absolute Gasteiger partial charge is 0.310 e. The highest BCUT2D eigenvalue weighted by Gasteiger charge is 2.14. The van der Waals surface area contributed by atoms with Crippen molar-refractivity contribution in [2.75, 3.05) is 6.54 Å². The Balaban J connectivity index is 2.23. The number of rotatable bonds is 6. The van der Waals surface area contributed by atoms with E-state index in [4.69, 9.17) is 11.6 Å². The predicted octanol–water partition coefficient (Wildman–Crippen LogP) is 5.99. The Morgan fingerprint density at radius 3 is 2.71 bits per heavy atom. The fourth-order valence-electron chi connectivity index (χ4n) is 2.26. The molecule has 0 saturated carbocycles. The molecule has 2 rings (SSSR count). The van der Waals surface area contributed by atoms with Crippen molar-refractivity contribution in [1.29, 1.82) is 0 Å². The minimum Gasteiger partial charge on any atom is -0.310 e. The van der Waals surface area contributed by atoms with Crippen molar-refractivity contribution in [3.8, 4) is 0 Å². The third-order valence-electron chi connectivity index (χ3n) is 3.33. The molecule has 0 heterocycles. The molecule has 2 aromatic rings. The van der Waals surface area contributed by atoms with E-state index in [1.807, 2.05) is 12.1 Å². The van der Waals surface area contributed by atoms with Gasteiger partial charge < -0.3 is 5.32 Å². The lowest BCUT2D eigenvalue weighted by molar-refractivity contribution is 0.529. The van der Waals surface area contributed by atoms with E-state index >= 15 is 0 Å². The van der Waals surface area contributed by atoms with Gasteiger partial charge in [-0.3, -0.25) is 0 Å². The van der Waals surface area contributed by atoms with Gasteiger partial charge in [-0.1, -0.05) is 52.7 Å². The molecular formula is C17H18BrClIN. The van der Waals surface area contributed by atoms with Gasteiger partial charge in [-0.25, -0.2) is 0 Å². The van der Waals surface area contributed by atoms with Gasteiger partial charge in [0.05, 0.1) is 0 Å². The maximum absolute atomic E-state index is 6.37. The zero-order valence-corrected chi connectivity index (χ0v) is 16.4. The van der Waals surface area contributed by atoms with Crippen molar-refractivity contribution in [1.82, 2.24) is 5.32 Å². The van der Waals surface area contributed by atoms with Gasteiger partial charge in [-0.2, -0.15) is 0 Å². The Bertz CT molecular complexity index is 603. The van der Waals surface area contributed by atoms with Crippen molar-refractivity contribution in [3.63, 3.8) is 0 Å². The molecule has 0 aliphatic heterocycles.